The van der Waals surface area contributed by atoms with Crippen LogP contribution in [0.3, 0.4) is 0 Å². The maximum Gasteiger partial charge on any atom is 0.233 e. The number of phenolic OH excluding ortho intramolecular Hbond substituents is 1. The Morgan fingerprint density at radius 1 is 1.00 bits per heavy atom. The third-order valence-electron chi connectivity index (χ3n) is 5.49. The zero-order valence-electron chi connectivity index (χ0n) is 18.2. The van der Waals surface area contributed by atoms with E-state index in [1.54, 1.807) is 12.3 Å². The zero-order chi connectivity index (χ0) is 21.5. The first kappa shape index (κ1) is 20.3. The number of benzene rings is 1. The Balaban J connectivity index is 1.51. The number of nitrogens with one attached hydrogen (secondary N) is 2. The second-order valence-electron chi connectivity index (χ2n) is 9.44. The zero-order valence-corrected chi connectivity index (χ0v) is 18.2. The Hall–Kier alpha value is -2.93. The molecular weight excluding hydrogens is 378 g/mol. The second-order valence-corrected chi connectivity index (χ2v) is 9.44. The van der Waals surface area contributed by atoms with E-state index in [9.17, 15) is 5.11 Å². The lowest BCUT2D eigenvalue weighted by Gasteiger charge is -2.46. The average molecular weight is 408 g/mol. The van der Waals surface area contributed by atoms with Gasteiger partial charge in [-0.15, -0.1) is 10.2 Å². The summed E-state index contributed by atoms with van der Waals surface area (Å²) in [5.74, 6) is 0.653. The molecule has 3 heterocycles. The molecule has 0 spiro atoms. The molecule has 1 saturated heterocycles. The van der Waals surface area contributed by atoms with Gasteiger partial charge in [0.2, 0.25) is 5.88 Å². The van der Waals surface area contributed by atoms with Gasteiger partial charge < -0.3 is 15.2 Å². The number of rotatable bonds is 4. The number of piperidine rings is 1. The van der Waals surface area contributed by atoms with Crippen LogP contribution in [0.1, 0.15) is 46.2 Å². The summed E-state index contributed by atoms with van der Waals surface area (Å²) >= 11 is 0. The first-order valence-electron chi connectivity index (χ1n) is 10.3. The minimum atomic E-state index is 0.000657. The third-order valence-corrected chi connectivity index (χ3v) is 5.49. The van der Waals surface area contributed by atoms with Crippen molar-refractivity contribution in [2.24, 2.45) is 0 Å². The van der Waals surface area contributed by atoms with Gasteiger partial charge in [0.15, 0.2) is 0 Å². The molecule has 0 amide bonds. The van der Waals surface area contributed by atoms with E-state index in [1.165, 1.54) is 0 Å². The predicted octanol–water partition coefficient (Wildman–Crippen LogP) is 4.24. The Labute approximate surface area is 176 Å². The van der Waals surface area contributed by atoms with E-state index in [0.29, 0.717) is 17.1 Å². The number of aromatic hydroxyl groups is 1. The quantitative estimate of drug-likeness (QED) is 0.599. The van der Waals surface area contributed by atoms with Gasteiger partial charge in [-0.25, -0.2) is 0 Å². The number of hydrogen-bond acceptors (Lipinski definition) is 6. The summed E-state index contributed by atoms with van der Waals surface area (Å²) in [5.41, 5.74) is 4.03. The van der Waals surface area contributed by atoms with Gasteiger partial charge in [0.05, 0.1) is 11.9 Å². The smallest absolute Gasteiger partial charge is 0.233 e. The van der Waals surface area contributed by atoms with Crippen LogP contribution in [0.5, 0.6) is 11.6 Å². The van der Waals surface area contributed by atoms with E-state index in [4.69, 9.17) is 4.74 Å². The van der Waals surface area contributed by atoms with Crippen molar-refractivity contribution in [1.29, 1.82) is 0 Å². The van der Waals surface area contributed by atoms with Crippen LogP contribution in [0.2, 0.25) is 0 Å². The molecule has 30 heavy (non-hydrogen) atoms. The van der Waals surface area contributed by atoms with Crippen molar-refractivity contribution in [3.8, 4) is 34.0 Å². The molecule has 2 aromatic heterocycles. The molecule has 1 aliphatic heterocycles. The lowest BCUT2D eigenvalue weighted by Crippen LogP contribution is -2.60. The number of ether oxygens (including phenoxy) is 1. The van der Waals surface area contributed by atoms with E-state index in [2.05, 4.69) is 53.4 Å². The van der Waals surface area contributed by atoms with Crippen molar-refractivity contribution in [2.75, 3.05) is 0 Å². The lowest BCUT2D eigenvalue weighted by atomic mass is 9.81. The van der Waals surface area contributed by atoms with Crippen LogP contribution in [0.4, 0.5) is 0 Å². The van der Waals surface area contributed by atoms with Crippen LogP contribution < -0.4 is 10.1 Å². The second kappa shape index (κ2) is 7.40. The average Bonchev–Trinajstić information content (AvgIpc) is 3.06. The Morgan fingerprint density at radius 3 is 2.30 bits per heavy atom. The fourth-order valence-electron chi connectivity index (χ4n) is 4.57. The van der Waals surface area contributed by atoms with Crippen LogP contribution in [-0.2, 0) is 0 Å². The SMILES string of the molecule is Cc1[nH]ncc1-c1ccc(-c2ccc(OC3CC(C)(C)NC(C)(C)C3)nn2)c(O)c1. The molecule has 0 bridgehead atoms. The van der Waals surface area contributed by atoms with Crippen molar-refractivity contribution >= 4 is 0 Å². The molecule has 0 unspecified atom stereocenters. The van der Waals surface area contributed by atoms with Gasteiger partial charge in [-0.1, -0.05) is 6.07 Å². The fraction of sp³-hybridized carbons (Fsp3) is 0.435. The molecule has 1 fully saturated rings. The molecule has 0 atom stereocenters. The van der Waals surface area contributed by atoms with E-state index in [-0.39, 0.29) is 22.9 Å². The molecule has 7 nitrogen and oxygen atoms in total. The minimum Gasteiger partial charge on any atom is -0.507 e. The maximum atomic E-state index is 10.5. The van der Waals surface area contributed by atoms with Crippen LogP contribution in [0.15, 0.2) is 36.5 Å². The number of aromatic nitrogens is 4. The minimum absolute atomic E-state index is 0.000657. The largest absolute Gasteiger partial charge is 0.507 e. The molecule has 3 N–H and O–H groups in total. The van der Waals surface area contributed by atoms with Gasteiger partial charge in [-0.05, 0) is 58.4 Å². The van der Waals surface area contributed by atoms with Gasteiger partial charge in [0.1, 0.15) is 11.9 Å². The van der Waals surface area contributed by atoms with Gasteiger partial charge in [-0.2, -0.15) is 5.10 Å². The summed E-state index contributed by atoms with van der Waals surface area (Å²) in [6.45, 7) is 10.7. The highest BCUT2D eigenvalue weighted by molar-refractivity contribution is 5.74. The van der Waals surface area contributed by atoms with Crippen LogP contribution >= 0.6 is 0 Å². The van der Waals surface area contributed by atoms with Gasteiger partial charge in [0.25, 0.3) is 0 Å². The maximum absolute atomic E-state index is 10.5. The highest BCUT2D eigenvalue weighted by atomic mass is 16.5. The molecule has 7 heteroatoms. The summed E-state index contributed by atoms with van der Waals surface area (Å²) in [6.07, 6.45) is 3.62. The van der Waals surface area contributed by atoms with Crippen molar-refractivity contribution in [1.82, 2.24) is 25.7 Å². The Morgan fingerprint density at radius 2 is 1.73 bits per heavy atom. The van der Waals surface area contributed by atoms with E-state index in [1.807, 2.05) is 31.2 Å². The van der Waals surface area contributed by atoms with E-state index >= 15 is 0 Å². The molecular formula is C23H29N5O2. The molecule has 3 aromatic rings. The normalized spacial score (nSPS) is 18.3. The first-order chi connectivity index (χ1) is 14.1. The highest BCUT2D eigenvalue weighted by Crippen LogP contribution is 2.34. The number of aryl methyl sites for hydroxylation is 1. The summed E-state index contributed by atoms with van der Waals surface area (Å²) in [6, 6.07) is 9.16. The number of hydrogen-bond donors (Lipinski definition) is 3. The van der Waals surface area contributed by atoms with Crippen LogP contribution in [0, 0.1) is 6.92 Å². The molecule has 4 rings (SSSR count). The summed E-state index contributed by atoms with van der Waals surface area (Å²) in [7, 11) is 0. The molecule has 1 aromatic carbocycles. The topological polar surface area (TPSA) is 96.0 Å². The van der Waals surface area contributed by atoms with Gasteiger partial charge in [0, 0.05) is 46.8 Å². The number of H-pyrrole nitrogens is 1. The number of phenols is 1. The summed E-state index contributed by atoms with van der Waals surface area (Å²) in [4.78, 5) is 0. The predicted molar refractivity (Wildman–Crippen MR) is 116 cm³/mol. The highest BCUT2D eigenvalue weighted by Gasteiger charge is 2.38. The first-order valence-corrected chi connectivity index (χ1v) is 10.3. The summed E-state index contributed by atoms with van der Waals surface area (Å²) < 4.78 is 6.14. The van der Waals surface area contributed by atoms with E-state index < -0.39 is 0 Å². The monoisotopic (exact) mass is 407 g/mol. The molecule has 0 aliphatic carbocycles. The third kappa shape index (κ3) is 4.31. The van der Waals surface area contributed by atoms with Crippen molar-refractivity contribution in [3.63, 3.8) is 0 Å². The van der Waals surface area contributed by atoms with Gasteiger partial charge >= 0.3 is 0 Å². The van der Waals surface area contributed by atoms with Crippen LogP contribution in [-0.4, -0.2) is 42.7 Å². The van der Waals surface area contributed by atoms with E-state index in [0.717, 1.165) is 29.7 Å². The number of nitrogens with zero attached hydrogens (tertiary/aromatic N) is 3. The van der Waals surface area contributed by atoms with Crippen molar-refractivity contribution in [3.05, 3.63) is 42.2 Å². The summed E-state index contributed by atoms with van der Waals surface area (Å²) in [5, 5.41) is 29.7. The molecule has 1 aliphatic rings. The lowest BCUT2D eigenvalue weighted by molar-refractivity contribution is 0.0524. The fourth-order valence-corrected chi connectivity index (χ4v) is 4.57. The standard InChI is InChI=1S/C23H29N5O2/c1-14-18(13-24-25-14)15-6-7-17(20(29)10-15)19-8-9-21(27-26-19)30-16-11-22(2,3)28-23(4,5)12-16/h6-10,13,16,28-29H,11-12H2,1-5H3,(H,24,25). The van der Waals surface area contributed by atoms with Crippen molar-refractivity contribution < 1.29 is 9.84 Å². The Kier molecular flexibility index (Phi) is 5.02. The molecule has 0 saturated carbocycles. The van der Waals surface area contributed by atoms with Crippen molar-refractivity contribution in [2.45, 2.75) is 64.6 Å². The van der Waals surface area contributed by atoms with Gasteiger partial charge in [-0.3, -0.25) is 5.10 Å². The van der Waals surface area contributed by atoms with Crippen LogP contribution in [0.25, 0.3) is 22.4 Å². The Bertz CT molecular complexity index is 1020. The number of aromatic amines is 1. The molecule has 158 valence electrons. The molecule has 0 radical (unpaired) electrons.